The first-order chi connectivity index (χ1) is 17.9. The summed E-state index contributed by atoms with van der Waals surface area (Å²) in [4.78, 5) is 55.4. The van der Waals surface area contributed by atoms with Crippen LogP contribution in [-0.2, 0) is 25.6 Å². The number of aryl methyl sites for hydroxylation is 1. The second-order valence-corrected chi connectivity index (χ2v) is 9.00. The fourth-order valence-corrected chi connectivity index (χ4v) is 3.50. The van der Waals surface area contributed by atoms with Crippen LogP contribution in [-0.4, -0.2) is 83.5 Å². The summed E-state index contributed by atoms with van der Waals surface area (Å²) in [7, 11) is 4.81. The van der Waals surface area contributed by atoms with E-state index in [9.17, 15) is 24.3 Å². The van der Waals surface area contributed by atoms with Crippen molar-refractivity contribution >= 4 is 23.6 Å². The topological polar surface area (TPSA) is 164 Å². The van der Waals surface area contributed by atoms with Crippen molar-refractivity contribution in [2.75, 3.05) is 27.7 Å². The van der Waals surface area contributed by atoms with E-state index in [1.807, 2.05) is 13.8 Å². The van der Waals surface area contributed by atoms with E-state index in [-0.39, 0.29) is 18.9 Å². The lowest BCUT2D eigenvalue weighted by atomic mass is 10.0. The van der Waals surface area contributed by atoms with E-state index in [0.29, 0.717) is 28.6 Å². The van der Waals surface area contributed by atoms with Gasteiger partial charge in [-0.05, 0) is 45.1 Å². The number of carbonyl (C=O) groups is 4. The van der Waals surface area contributed by atoms with E-state index in [1.165, 1.54) is 7.11 Å². The molecule has 0 radical (unpaired) electrons. The number of benzene rings is 1. The lowest BCUT2D eigenvalue weighted by Crippen LogP contribution is -2.55. The van der Waals surface area contributed by atoms with Crippen molar-refractivity contribution in [3.8, 4) is 17.2 Å². The molecule has 38 heavy (non-hydrogen) atoms. The van der Waals surface area contributed by atoms with Gasteiger partial charge in [-0.25, -0.2) is 0 Å². The van der Waals surface area contributed by atoms with Crippen LogP contribution in [0.2, 0.25) is 0 Å². The molecule has 210 valence electrons. The maximum absolute atomic E-state index is 13.0. The molecule has 0 fully saturated rings. The van der Waals surface area contributed by atoms with Gasteiger partial charge in [-0.2, -0.15) is 4.98 Å². The lowest BCUT2D eigenvalue weighted by molar-refractivity contribution is -0.140. The summed E-state index contributed by atoms with van der Waals surface area (Å²) in [5.41, 5.74) is 1.14. The van der Waals surface area contributed by atoms with Gasteiger partial charge in [0.05, 0.1) is 32.5 Å². The minimum absolute atomic E-state index is 0.0351. The SMILES string of the molecule is CC.COc1ccc(-c2nc(C)no2)cc1CC(=O)NC(C(=O)NC(CC(=O)O)C(=O)CN(C)C)C(C)C. The Morgan fingerprint density at radius 3 is 2.29 bits per heavy atom. The molecule has 3 N–H and O–H groups in total. The van der Waals surface area contributed by atoms with Crippen LogP contribution in [0.15, 0.2) is 22.7 Å². The lowest BCUT2D eigenvalue weighted by Gasteiger charge is -2.25. The Hall–Kier alpha value is -3.80. The number of carbonyl (C=O) groups excluding carboxylic acids is 3. The van der Waals surface area contributed by atoms with Crippen molar-refractivity contribution in [1.29, 1.82) is 0 Å². The van der Waals surface area contributed by atoms with Gasteiger partial charge in [-0.15, -0.1) is 0 Å². The molecule has 12 nitrogen and oxygen atoms in total. The molecule has 0 saturated carbocycles. The van der Waals surface area contributed by atoms with E-state index >= 15 is 0 Å². The molecule has 0 saturated heterocycles. The van der Waals surface area contributed by atoms with Crippen molar-refractivity contribution in [2.24, 2.45) is 5.92 Å². The molecule has 1 heterocycles. The maximum Gasteiger partial charge on any atom is 0.305 e. The van der Waals surface area contributed by atoms with Gasteiger partial charge in [0.1, 0.15) is 11.8 Å². The highest BCUT2D eigenvalue weighted by Gasteiger charge is 2.30. The average molecular weight is 534 g/mol. The van der Waals surface area contributed by atoms with Gasteiger partial charge >= 0.3 is 5.97 Å². The van der Waals surface area contributed by atoms with Gasteiger partial charge < -0.3 is 29.9 Å². The fraction of sp³-hybridized carbons (Fsp3) is 0.538. The number of amides is 2. The molecule has 1 aromatic carbocycles. The van der Waals surface area contributed by atoms with E-state index in [4.69, 9.17) is 9.26 Å². The molecule has 2 atom stereocenters. The maximum atomic E-state index is 13.0. The summed E-state index contributed by atoms with van der Waals surface area (Å²) < 4.78 is 10.6. The molecule has 0 aliphatic heterocycles. The first-order valence-corrected chi connectivity index (χ1v) is 12.4. The summed E-state index contributed by atoms with van der Waals surface area (Å²) in [6, 6.07) is 2.89. The van der Waals surface area contributed by atoms with E-state index in [0.717, 1.165) is 0 Å². The number of carboxylic acids is 1. The second kappa shape index (κ2) is 15.5. The number of aliphatic carboxylic acids is 1. The van der Waals surface area contributed by atoms with Crippen LogP contribution in [0.1, 0.15) is 45.5 Å². The van der Waals surface area contributed by atoms with Crippen LogP contribution in [0.5, 0.6) is 5.75 Å². The number of hydrogen-bond donors (Lipinski definition) is 3. The van der Waals surface area contributed by atoms with Crippen LogP contribution >= 0.6 is 0 Å². The Bertz CT molecular complexity index is 1100. The van der Waals surface area contributed by atoms with Gasteiger partial charge in [-0.3, -0.25) is 19.2 Å². The van der Waals surface area contributed by atoms with Gasteiger partial charge in [0.25, 0.3) is 5.89 Å². The predicted molar refractivity (Wildman–Crippen MR) is 141 cm³/mol. The highest BCUT2D eigenvalue weighted by Crippen LogP contribution is 2.26. The summed E-state index contributed by atoms with van der Waals surface area (Å²) in [5.74, 6) is -1.87. The van der Waals surface area contributed by atoms with Crippen molar-refractivity contribution in [2.45, 2.75) is 59.5 Å². The minimum atomic E-state index is -1.22. The number of likely N-dealkylation sites (N-methyl/N-ethyl adjacent to an activating group) is 1. The number of Topliss-reactive ketones (excluding diaryl/α,β-unsaturated/α-hetero) is 1. The molecule has 2 aromatic rings. The molecule has 0 aliphatic carbocycles. The monoisotopic (exact) mass is 533 g/mol. The third-order valence-electron chi connectivity index (χ3n) is 5.23. The Balaban J connectivity index is 0.00000352. The summed E-state index contributed by atoms with van der Waals surface area (Å²) >= 11 is 0. The normalized spacial score (nSPS) is 12.3. The minimum Gasteiger partial charge on any atom is -0.496 e. The third-order valence-corrected chi connectivity index (χ3v) is 5.23. The number of ether oxygens (including phenoxy) is 1. The van der Waals surface area contributed by atoms with Gasteiger partial charge in [-0.1, -0.05) is 32.9 Å². The third kappa shape index (κ3) is 9.92. The van der Waals surface area contributed by atoms with Crippen LogP contribution in [0.25, 0.3) is 11.5 Å². The zero-order valence-electron chi connectivity index (χ0n) is 23.3. The van der Waals surface area contributed by atoms with Crippen LogP contribution in [0.4, 0.5) is 0 Å². The smallest absolute Gasteiger partial charge is 0.305 e. The fourth-order valence-electron chi connectivity index (χ4n) is 3.50. The Morgan fingerprint density at radius 2 is 1.79 bits per heavy atom. The van der Waals surface area contributed by atoms with Crippen molar-refractivity contribution in [3.05, 3.63) is 29.6 Å². The first-order valence-electron chi connectivity index (χ1n) is 12.4. The zero-order valence-corrected chi connectivity index (χ0v) is 23.3. The molecule has 0 spiro atoms. The summed E-state index contributed by atoms with van der Waals surface area (Å²) in [5, 5.41) is 18.1. The van der Waals surface area contributed by atoms with Crippen LogP contribution in [0, 0.1) is 12.8 Å². The van der Waals surface area contributed by atoms with Crippen molar-refractivity contribution in [1.82, 2.24) is 25.7 Å². The van der Waals surface area contributed by atoms with E-state index < -0.39 is 42.1 Å². The highest BCUT2D eigenvalue weighted by molar-refractivity contribution is 5.95. The molecule has 2 amide bonds. The second-order valence-electron chi connectivity index (χ2n) is 9.00. The molecule has 2 unspecified atom stereocenters. The molecule has 1 aromatic heterocycles. The first kappa shape index (κ1) is 32.2. The highest BCUT2D eigenvalue weighted by atomic mass is 16.5. The van der Waals surface area contributed by atoms with Crippen LogP contribution < -0.4 is 15.4 Å². The molecule has 2 rings (SSSR count). The molecular formula is C26H39N5O7. The predicted octanol–water partition coefficient (Wildman–Crippen LogP) is 1.85. The number of ketones is 1. The quantitative estimate of drug-likeness (QED) is 0.346. The van der Waals surface area contributed by atoms with Crippen LogP contribution in [0.3, 0.4) is 0 Å². The number of aromatic nitrogens is 2. The molecular weight excluding hydrogens is 494 g/mol. The number of carboxylic acid groups (broad SMARTS) is 1. The average Bonchev–Trinajstić information content (AvgIpc) is 3.28. The van der Waals surface area contributed by atoms with Crippen molar-refractivity contribution < 1.29 is 33.5 Å². The Labute approximate surface area is 223 Å². The van der Waals surface area contributed by atoms with Gasteiger partial charge in [0.2, 0.25) is 11.8 Å². The standard InChI is InChI=1S/C24H33N5O7.C2H6/c1-13(2)22(23(34)26-17(11-21(32)33)18(30)12-29(4)5)27-20(31)10-16-9-15(7-8-19(16)35-6)24-25-14(3)28-36-24;1-2/h7-9,13,17,22H,10-12H2,1-6H3,(H,26,34)(H,27,31)(H,32,33);1-2H3. The summed E-state index contributed by atoms with van der Waals surface area (Å²) in [6.45, 7) is 9.12. The van der Waals surface area contributed by atoms with E-state index in [1.54, 1.807) is 58.0 Å². The Kier molecular flexibility index (Phi) is 13.1. The molecule has 0 bridgehead atoms. The van der Waals surface area contributed by atoms with E-state index in [2.05, 4.69) is 20.8 Å². The largest absolute Gasteiger partial charge is 0.496 e. The number of nitrogens with one attached hydrogen (secondary N) is 2. The van der Waals surface area contributed by atoms with Crippen molar-refractivity contribution in [3.63, 3.8) is 0 Å². The number of nitrogens with zero attached hydrogens (tertiary/aromatic N) is 3. The number of methoxy groups -OCH3 is 1. The number of rotatable bonds is 13. The van der Waals surface area contributed by atoms with Gasteiger partial charge in [0, 0.05) is 11.1 Å². The zero-order chi connectivity index (χ0) is 29.0. The Morgan fingerprint density at radius 1 is 1.13 bits per heavy atom. The number of hydrogen-bond acceptors (Lipinski definition) is 9. The molecule has 12 heteroatoms. The molecule has 0 aliphatic rings. The van der Waals surface area contributed by atoms with Gasteiger partial charge in [0.15, 0.2) is 11.6 Å². The summed E-state index contributed by atoms with van der Waals surface area (Å²) in [6.07, 6.45) is -0.672.